The molecular weight excluding hydrogens is 323 g/mol. The first-order valence-corrected chi connectivity index (χ1v) is 8.31. The summed E-state index contributed by atoms with van der Waals surface area (Å²) in [5, 5.41) is 6.74. The lowest BCUT2D eigenvalue weighted by molar-refractivity contribution is 0.0593. The van der Waals surface area contributed by atoms with Crippen LogP contribution in [0.25, 0.3) is 0 Å². The summed E-state index contributed by atoms with van der Waals surface area (Å²) in [7, 11) is 1.31. The van der Waals surface area contributed by atoms with E-state index >= 15 is 0 Å². The molecule has 1 aliphatic rings. The Hall–Kier alpha value is -2.54. The third-order valence-electron chi connectivity index (χ3n) is 4.20. The third-order valence-corrected chi connectivity index (χ3v) is 4.20. The number of nitrogens with zero attached hydrogens (tertiary/aromatic N) is 2. The zero-order valence-electron chi connectivity index (χ0n) is 14.1. The summed E-state index contributed by atoms with van der Waals surface area (Å²) in [5.41, 5.74) is 1.70. The first-order valence-electron chi connectivity index (χ1n) is 8.31. The summed E-state index contributed by atoms with van der Waals surface area (Å²) in [6.45, 7) is 1.91. The zero-order valence-corrected chi connectivity index (χ0v) is 14.1. The van der Waals surface area contributed by atoms with Gasteiger partial charge in [-0.05, 0) is 43.6 Å². The number of halogens is 1. The fourth-order valence-corrected chi connectivity index (χ4v) is 2.83. The molecule has 25 heavy (non-hydrogen) atoms. The van der Waals surface area contributed by atoms with Gasteiger partial charge in [0.15, 0.2) is 5.69 Å². The van der Waals surface area contributed by atoms with Gasteiger partial charge in [0.2, 0.25) is 0 Å². The average Bonchev–Trinajstić information content (AvgIpc) is 2.65. The predicted molar refractivity (Wildman–Crippen MR) is 92.1 cm³/mol. The number of rotatable bonds is 5. The Kier molecular flexibility index (Phi) is 5.55. The van der Waals surface area contributed by atoms with Gasteiger partial charge in [-0.3, -0.25) is 0 Å². The largest absolute Gasteiger partial charge is 0.464 e. The van der Waals surface area contributed by atoms with Crippen LogP contribution in [0.5, 0.6) is 0 Å². The fraction of sp³-hybridized carbons (Fsp3) is 0.389. The maximum Gasteiger partial charge on any atom is 0.358 e. The topological polar surface area (TPSA) is 76.1 Å². The van der Waals surface area contributed by atoms with Crippen LogP contribution in [0.4, 0.5) is 10.2 Å². The molecule has 0 atom stereocenters. The van der Waals surface area contributed by atoms with Crippen molar-refractivity contribution in [2.24, 2.45) is 0 Å². The number of anilines is 1. The first-order chi connectivity index (χ1) is 12.2. The number of carbonyl (C=O) groups is 1. The number of benzene rings is 1. The molecule has 7 heteroatoms. The molecule has 2 heterocycles. The minimum absolute atomic E-state index is 0.162. The van der Waals surface area contributed by atoms with Gasteiger partial charge in [-0.15, -0.1) is 0 Å². The zero-order chi connectivity index (χ0) is 17.6. The van der Waals surface area contributed by atoms with Crippen LogP contribution in [-0.2, 0) is 11.2 Å². The molecule has 0 saturated carbocycles. The number of hydrogen-bond donors (Lipinski definition) is 2. The number of ether oxygens (including phenoxy) is 1. The summed E-state index contributed by atoms with van der Waals surface area (Å²) in [4.78, 5) is 20.6. The smallest absolute Gasteiger partial charge is 0.358 e. The molecule has 1 aliphatic heterocycles. The summed E-state index contributed by atoms with van der Waals surface area (Å²) in [6.07, 6.45) is 3.86. The Morgan fingerprint density at radius 2 is 2.04 bits per heavy atom. The van der Waals surface area contributed by atoms with Crippen LogP contribution in [-0.4, -0.2) is 42.2 Å². The van der Waals surface area contributed by atoms with Crippen molar-refractivity contribution in [3.05, 3.63) is 53.2 Å². The van der Waals surface area contributed by atoms with Crippen LogP contribution in [0.15, 0.2) is 30.5 Å². The summed E-state index contributed by atoms with van der Waals surface area (Å²) >= 11 is 0. The number of nitrogens with one attached hydrogen (secondary N) is 2. The van der Waals surface area contributed by atoms with Crippen LogP contribution in [0.2, 0.25) is 0 Å². The van der Waals surface area contributed by atoms with Crippen molar-refractivity contribution in [1.82, 2.24) is 15.3 Å². The summed E-state index contributed by atoms with van der Waals surface area (Å²) in [6, 6.07) is 6.54. The van der Waals surface area contributed by atoms with Crippen molar-refractivity contribution >= 4 is 11.8 Å². The van der Waals surface area contributed by atoms with E-state index in [-0.39, 0.29) is 11.5 Å². The number of hydrogen-bond acceptors (Lipinski definition) is 6. The van der Waals surface area contributed by atoms with E-state index in [9.17, 15) is 9.18 Å². The molecule has 132 valence electrons. The normalized spacial score (nSPS) is 15.0. The second kappa shape index (κ2) is 8.02. The average molecular weight is 344 g/mol. The molecule has 1 aromatic heterocycles. The Morgan fingerprint density at radius 3 is 2.72 bits per heavy atom. The second-order valence-corrected chi connectivity index (χ2v) is 6.01. The molecule has 3 rings (SSSR count). The van der Waals surface area contributed by atoms with E-state index in [1.54, 1.807) is 12.1 Å². The van der Waals surface area contributed by atoms with Crippen molar-refractivity contribution in [2.45, 2.75) is 25.3 Å². The molecule has 0 bridgehead atoms. The molecule has 6 nitrogen and oxygen atoms in total. The van der Waals surface area contributed by atoms with Crippen molar-refractivity contribution < 1.29 is 13.9 Å². The molecule has 0 aliphatic carbocycles. The quantitative estimate of drug-likeness (QED) is 0.810. The van der Waals surface area contributed by atoms with Crippen molar-refractivity contribution in [3.8, 4) is 0 Å². The maximum atomic E-state index is 13.1. The van der Waals surface area contributed by atoms with Crippen LogP contribution in [0, 0.1) is 5.82 Å². The van der Waals surface area contributed by atoms with Gasteiger partial charge in [0, 0.05) is 12.5 Å². The lowest BCUT2D eigenvalue weighted by atomic mass is 10.1. The third kappa shape index (κ3) is 4.51. The SMILES string of the molecule is COC(=O)c1cnc(NC2CCNCC2)c(Cc2ccc(F)cc2)n1. The van der Waals surface area contributed by atoms with E-state index < -0.39 is 5.97 Å². The molecule has 0 radical (unpaired) electrons. The number of aromatic nitrogens is 2. The Labute approximate surface area is 145 Å². The molecule has 1 aromatic carbocycles. The van der Waals surface area contributed by atoms with Gasteiger partial charge < -0.3 is 15.4 Å². The van der Waals surface area contributed by atoms with Crippen molar-refractivity contribution in [1.29, 1.82) is 0 Å². The highest BCUT2D eigenvalue weighted by atomic mass is 19.1. The summed E-state index contributed by atoms with van der Waals surface area (Å²) < 4.78 is 17.8. The van der Waals surface area contributed by atoms with E-state index in [0.717, 1.165) is 31.5 Å². The monoisotopic (exact) mass is 344 g/mol. The molecule has 2 N–H and O–H groups in total. The van der Waals surface area contributed by atoms with Gasteiger partial charge in [-0.25, -0.2) is 19.2 Å². The van der Waals surface area contributed by atoms with E-state index in [2.05, 4.69) is 20.6 Å². The standard InChI is InChI=1S/C18H21FN4O2/c1-25-18(24)16-11-21-17(22-14-6-8-20-9-7-14)15(23-16)10-12-2-4-13(19)5-3-12/h2-5,11,14,20H,6-10H2,1H3,(H,21,22). The van der Waals surface area contributed by atoms with Gasteiger partial charge in [-0.1, -0.05) is 12.1 Å². The predicted octanol–water partition coefficient (Wildman–Crippen LogP) is 2.16. The molecule has 0 spiro atoms. The molecule has 0 amide bonds. The number of methoxy groups -OCH3 is 1. The van der Waals surface area contributed by atoms with Gasteiger partial charge in [0.25, 0.3) is 0 Å². The number of esters is 1. The number of piperidine rings is 1. The first kappa shape index (κ1) is 17.3. The van der Waals surface area contributed by atoms with Gasteiger partial charge in [0.05, 0.1) is 19.0 Å². The van der Waals surface area contributed by atoms with Crippen molar-refractivity contribution in [2.75, 3.05) is 25.5 Å². The molecular formula is C18H21FN4O2. The van der Waals surface area contributed by atoms with Gasteiger partial charge in [-0.2, -0.15) is 0 Å². The fourth-order valence-electron chi connectivity index (χ4n) is 2.83. The van der Waals surface area contributed by atoms with Crippen LogP contribution in [0.1, 0.15) is 34.6 Å². The van der Waals surface area contributed by atoms with E-state index in [1.165, 1.54) is 25.4 Å². The molecule has 1 fully saturated rings. The lowest BCUT2D eigenvalue weighted by Gasteiger charge is -2.25. The molecule has 2 aromatic rings. The highest BCUT2D eigenvalue weighted by Gasteiger charge is 2.18. The number of carbonyl (C=O) groups excluding carboxylic acids is 1. The Balaban J connectivity index is 1.86. The molecule has 1 saturated heterocycles. The minimum Gasteiger partial charge on any atom is -0.464 e. The Morgan fingerprint density at radius 1 is 1.32 bits per heavy atom. The lowest BCUT2D eigenvalue weighted by Crippen LogP contribution is -2.35. The minimum atomic E-state index is -0.527. The highest BCUT2D eigenvalue weighted by Crippen LogP contribution is 2.19. The van der Waals surface area contributed by atoms with Crippen molar-refractivity contribution in [3.63, 3.8) is 0 Å². The van der Waals surface area contributed by atoms with E-state index in [0.29, 0.717) is 24.0 Å². The molecule has 0 unspecified atom stereocenters. The highest BCUT2D eigenvalue weighted by molar-refractivity contribution is 5.87. The Bertz CT molecular complexity index is 730. The van der Waals surface area contributed by atoms with E-state index in [4.69, 9.17) is 4.74 Å². The maximum absolute atomic E-state index is 13.1. The second-order valence-electron chi connectivity index (χ2n) is 6.01. The summed E-state index contributed by atoms with van der Waals surface area (Å²) in [5.74, 6) is -0.156. The van der Waals surface area contributed by atoms with Crippen LogP contribution >= 0.6 is 0 Å². The van der Waals surface area contributed by atoms with Crippen LogP contribution in [0.3, 0.4) is 0 Å². The van der Waals surface area contributed by atoms with Gasteiger partial charge in [0.1, 0.15) is 11.6 Å². The van der Waals surface area contributed by atoms with Crippen LogP contribution < -0.4 is 10.6 Å². The van der Waals surface area contributed by atoms with Gasteiger partial charge >= 0.3 is 5.97 Å². The van der Waals surface area contributed by atoms with E-state index in [1.807, 2.05) is 0 Å².